The van der Waals surface area contributed by atoms with Gasteiger partial charge in [0.1, 0.15) is 6.10 Å². The van der Waals surface area contributed by atoms with Crippen LogP contribution in [0.4, 0.5) is 0 Å². The molecule has 5 aliphatic carbocycles. The first-order valence-electron chi connectivity index (χ1n) is 16.2. The lowest BCUT2D eigenvalue weighted by molar-refractivity contribution is -0.246. The summed E-state index contributed by atoms with van der Waals surface area (Å²) in [6.45, 7) is 22.4. The Balaban J connectivity index is 1.28. The van der Waals surface area contributed by atoms with E-state index in [4.69, 9.17) is 4.74 Å². The Morgan fingerprint density at radius 3 is 2.21 bits per heavy atom. The molecular weight excluding hydrogens is 476 g/mol. The van der Waals surface area contributed by atoms with E-state index in [0.29, 0.717) is 33.1 Å². The molecule has 0 spiro atoms. The molecule has 10 atom stereocenters. The van der Waals surface area contributed by atoms with Crippen LogP contribution in [0.15, 0.2) is 42.5 Å². The van der Waals surface area contributed by atoms with Crippen molar-refractivity contribution in [3.63, 3.8) is 0 Å². The molecule has 0 radical (unpaired) electrons. The molecule has 0 aliphatic heterocycles. The second-order valence-electron chi connectivity index (χ2n) is 16.5. The highest BCUT2D eigenvalue weighted by Gasteiger charge is 2.70. The minimum atomic E-state index is -0.153. The van der Waals surface area contributed by atoms with Crippen LogP contribution in [0, 0.1) is 56.7 Å². The third-order valence-corrected chi connectivity index (χ3v) is 14.7. The molecule has 1 aromatic carbocycles. The molecule has 2 heteroatoms. The van der Waals surface area contributed by atoms with Gasteiger partial charge in [0, 0.05) is 5.41 Å². The molecule has 5 aliphatic rings. The van der Waals surface area contributed by atoms with Gasteiger partial charge in [0.25, 0.3) is 0 Å². The quantitative estimate of drug-likeness (QED) is 0.287. The zero-order valence-electron chi connectivity index (χ0n) is 25.9. The number of carbonyl (C=O) groups excluding carboxylic acids is 1. The Hall–Kier alpha value is -1.57. The van der Waals surface area contributed by atoms with Crippen molar-refractivity contribution in [3.05, 3.63) is 48.0 Å². The van der Waals surface area contributed by atoms with Crippen LogP contribution in [0.3, 0.4) is 0 Å². The van der Waals surface area contributed by atoms with E-state index in [9.17, 15) is 4.79 Å². The topological polar surface area (TPSA) is 26.3 Å². The van der Waals surface area contributed by atoms with Gasteiger partial charge < -0.3 is 4.74 Å². The second kappa shape index (κ2) is 8.96. The second-order valence-corrected chi connectivity index (χ2v) is 16.5. The van der Waals surface area contributed by atoms with Gasteiger partial charge in [-0.15, -0.1) is 0 Å². The van der Waals surface area contributed by atoms with E-state index in [1.54, 1.807) is 0 Å². The molecule has 0 saturated heterocycles. The maximum Gasteiger partial charge on any atom is 0.338 e. The molecule has 0 unspecified atom stereocenters. The third kappa shape index (κ3) is 3.74. The normalized spacial score (nSPS) is 48.2. The van der Waals surface area contributed by atoms with Crippen LogP contribution in [0.2, 0.25) is 0 Å². The van der Waals surface area contributed by atoms with Crippen molar-refractivity contribution in [2.24, 2.45) is 56.7 Å². The van der Waals surface area contributed by atoms with Gasteiger partial charge in [-0.05, 0) is 135 Å². The van der Waals surface area contributed by atoms with Gasteiger partial charge in [0.05, 0.1) is 5.56 Å². The fraction of sp³-hybridized carbons (Fsp3) is 0.757. The Bertz CT molecular complexity index is 1140. The molecule has 39 heavy (non-hydrogen) atoms. The van der Waals surface area contributed by atoms with Crippen LogP contribution < -0.4 is 0 Å². The fourth-order valence-corrected chi connectivity index (χ4v) is 12.4. The molecule has 0 bridgehead atoms. The Kier molecular flexibility index (Phi) is 6.34. The average Bonchev–Trinajstić information content (AvgIpc) is 3.24. The summed E-state index contributed by atoms with van der Waals surface area (Å²) in [5.41, 5.74) is 3.72. The van der Waals surface area contributed by atoms with Crippen molar-refractivity contribution in [3.8, 4) is 0 Å². The van der Waals surface area contributed by atoms with E-state index in [2.05, 4.69) is 55.0 Å². The maximum atomic E-state index is 13.1. The summed E-state index contributed by atoms with van der Waals surface area (Å²) in [6.07, 6.45) is 13.1. The van der Waals surface area contributed by atoms with E-state index in [1.807, 2.05) is 30.3 Å². The van der Waals surface area contributed by atoms with Gasteiger partial charge in [-0.1, -0.05) is 71.9 Å². The highest BCUT2D eigenvalue weighted by Crippen LogP contribution is 2.77. The zero-order valence-corrected chi connectivity index (χ0v) is 25.9. The van der Waals surface area contributed by atoms with E-state index in [0.717, 1.165) is 30.1 Å². The lowest BCUT2D eigenvalue weighted by atomic mass is 9.32. The molecule has 5 fully saturated rings. The predicted molar refractivity (Wildman–Crippen MR) is 160 cm³/mol. The Morgan fingerprint density at radius 1 is 0.795 bits per heavy atom. The fourth-order valence-electron chi connectivity index (χ4n) is 12.4. The number of fused-ring (bicyclic) bond motifs is 7. The molecule has 1 aromatic rings. The van der Waals surface area contributed by atoms with Gasteiger partial charge in [-0.2, -0.15) is 0 Å². The van der Waals surface area contributed by atoms with Gasteiger partial charge in [0.2, 0.25) is 0 Å². The zero-order chi connectivity index (χ0) is 28.0. The van der Waals surface area contributed by atoms with Crippen LogP contribution in [-0.2, 0) is 4.74 Å². The Labute approximate surface area is 238 Å². The first kappa shape index (κ1) is 27.6. The van der Waals surface area contributed by atoms with Crippen LogP contribution in [0.5, 0.6) is 0 Å². The van der Waals surface area contributed by atoms with Gasteiger partial charge >= 0.3 is 5.97 Å². The number of allylic oxidation sites excluding steroid dienone is 1. The summed E-state index contributed by atoms with van der Waals surface area (Å²) in [5.74, 6) is 3.57. The number of esters is 1. The van der Waals surface area contributed by atoms with Crippen molar-refractivity contribution >= 4 is 5.97 Å². The highest BCUT2D eigenvalue weighted by molar-refractivity contribution is 5.89. The molecule has 0 heterocycles. The summed E-state index contributed by atoms with van der Waals surface area (Å²) in [4.78, 5) is 13.1. The van der Waals surface area contributed by atoms with E-state index >= 15 is 0 Å². The molecular formula is C37H54O2. The number of carbonyl (C=O) groups is 1. The van der Waals surface area contributed by atoms with Crippen LogP contribution in [0.25, 0.3) is 0 Å². The first-order chi connectivity index (χ1) is 18.3. The number of rotatable bonds is 3. The SMILES string of the molecule is C=C(C)[C@@H]1CC[C@]2(C)CC[C@]3(C)[C@H](CC[C@H]4[C@@]5(C)CC[C@H](OC(=O)c6ccccc6)C(C)(C)[C@@H]5CC[C@]43C)[C@H]12. The molecule has 0 aromatic heterocycles. The monoisotopic (exact) mass is 530 g/mol. The van der Waals surface area contributed by atoms with E-state index in [-0.39, 0.29) is 17.5 Å². The molecule has 214 valence electrons. The van der Waals surface area contributed by atoms with Crippen LogP contribution in [-0.4, -0.2) is 12.1 Å². The summed E-state index contributed by atoms with van der Waals surface area (Å²) in [7, 11) is 0. The lowest BCUT2D eigenvalue weighted by Gasteiger charge is -2.73. The predicted octanol–water partition coefficient (Wildman–Crippen LogP) is 9.89. The van der Waals surface area contributed by atoms with Gasteiger partial charge in [-0.25, -0.2) is 4.79 Å². The highest BCUT2D eigenvalue weighted by atomic mass is 16.5. The number of benzene rings is 1. The third-order valence-electron chi connectivity index (χ3n) is 14.7. The molecule has 2 nitrogen and oxygen atoms in total. The number of hydrogen-bond acceptors (Lipinski definition) is 2. The number of ether oxygens (including phenoxy) is 1. The van der Waals surface area contributed by atoms with E-state index < -0.39 is 0 Å². The van der Waals surface area contributed by atoms with Crippen LogP contribution in [0.1, 0.15) is 123 Å². The largest absolute Gasteiger partial charge is 0.458 e. The van der Waals surface area contributed by atoms with Crippen molar-refractivity contribution < 1.29 is 9.53 Å². The van der Waals surface area contributed by atoms with Gasteiger partial charge in [-0.3, -0.25) is 0 Å². The first-order valence-corrected chi connectivity index (χ1v) is 16.2. The molecule has 0 N–H and O–H groups in total. The van der Waals surface area contributed by atoms with Crippen molar-refractivity contribution in [2.75, 3.05) is 0 Å². The van der Waals surface area contributed by atoms with Crippen molar-refractivity contribution in [2.45, 2.75) is 119 Å². The average molecular weight is 531 g/mol. The standard InChI is InChI=1S/C37H54O2/c1-24(2)26-16-19-34(5)22-23-36(7)27(31(26)34)14-15-29-35(6)20-18-30(39-32(38)25-12-10-9-11-13-25)33(3,4)28(35)17-21-37(29,36)8/h9-13,26-31H,1,14-23H2,2-8H3/t26-,27+,28-,29-,30-,31-,34+,35-,36+,37+/m0/s1. The molecule has 6 rings (SSSR count). The maximum absolute atomic E-state index is 13.1. The summed E-state index contributed by atoms with van der Waals surface area (Å²) >= 11 is 0. The number of hydrogen-bond donors (Lipinski definition) is 0. The minimum Gasteiger partial charge on any atom is -0.458 e. The summed E-state index contributed by atoms with van der Waals surface area (Å²) in [5, 5.41) is 0. The van der Waals surface area contributed by atoms with Gasteiger partial charge in [0.15, 0.2) is 0 Å². The summed E-state index contributed by atoms with van der Waals surface area (Å²) in [6, 6.07) is 9.57. The summed E-state index contributed by atoms with van der Waals surface area (Å²) < 4.78 is 6.30. The smallest absolute Gasteiger partial charge is 0.338 e. The van der Waals surface area contributed by atoms with Crippen LogP contribution >= 0.6 is 0 Å². The molecule has 5 saturated carbocycles. The van der Waals surface area contributed by atoms with E-state index in [1.165, 1.54) is 63.4 Å². The van der Waals surface area contributed by atoms with Crippen molar-refractivity contribution in [1.29, 1.82) is 0 Å². The lowest BCUT2D eigenvalue weighted by Crippen LogP contribution is -2.66. The minimum absolute atomic E-state index is 0.00948. The van der Waals surface area contributed by atoms with Crippen molar-refractivity contribution in [1.82, 2.24) is 0 Å². The Morgan fingerprint density at radius 2 is 1.51 bits per heavy atom. The molecule has 0 amide bonds.